The van der Waals surface area contributed by atoms with E-state index in [4.69, 9.17) is 9.97 Å². The monoisotopic (exact) mass is 728 g/mol. The molecule has 4 heterocycles. The summed E-state index contributed by atoms with van der Waals surface area (Å²) in [4.78, 5) is 37.7. The highest BCUT2D eigenvalue weighted by molar-refractivity contribution is 7.86. The first kappa shape index (κ1) is 29.6. The Labute approximate surface area is 289 Å². The lowest BCUT2D eigenvalue weighted by Crippen LogP contribution is -2.51. The standard InChI is InChI=1S/C36H20N6O8S2/c37-49-51(45,46)15-2-12-27-26(13-15)40-34-22-8-4-18-17-3-7-21-31-24(36(44)42-28-14-16(52(47,48)50-38)1-11-25(28)39-33(21)42)10-6-20(29(17)31)19-5-9-23(32(22)30(18)19)35(43)41(27)34/h1-14H,37-38H3/q+4. The van der Waals surface area contributed by atoms with Crippen molar-refractivity contribution in [2.24, 2.45) is 0 Å². The largest absolute Gasteiger partial charge is 0.347 e. The molecule has 0 atom stereocenters. The number of quaternary nitrogens is 2. The van der Waals surface area contributed by atoms with Crippen molar-refractivity contribution in [3.8, 4) is 11.6 Å². The Balaban J connectivity index is 1.26. The maximum atomic E-state index is 14.3. The van der Waals surface area contributed by atoms with Crippen molar-refractivity contribution in [1.29, 1.82) is 0 Å². The quantitative estimate of drug-likeness (QED) is 0.115. The van der Waals surface area contributed by atoms with Gasteiger partial charge in [0, 0.05) is 22.9 Å². The van der Waals surface area contributed by atoms with Crippen molar-refractivity contribution < 1.29 is 46.3 Å². The highest BCUT2D eigenvalue weighted by Gasteiger charge is 2.35. The van der Waals surface area contributed by atoms with E-state index in [-0.39, 0.29) is 20.9 Å². The molecule has 0 fully saturated rings. The van der Waals surface area contributed by atoms with Crippen LogP contribution in [0.4, 0.5) is 0 Å². The van der Waals surface area contributed by atoms with Gasteiger partial charge in [-0.05, 0) is 90.8 Å². The number of pyridine rings is 2. The van der Waals surface area contributed by atoms with Crippen molar-refractivity contribution in [2.75, 3.05) is 0 Å². The molecule has 11 rings (SSSR count). The number of fused-ring (bicyclic) bond motifs is 10. The number of imidazole rings is 2. The molecule has 6 N–H and O–H groups in total. The van der Waals surface area contributed by atoms with Crippen molar-refractivity contribution in [1.82, 2.24) is 9.97 Å². The molecule has 4 aliphatic rings. The molecule has 16 heteroatoms. The van der Waals surface area contributed by atoms with Crippen LogP contribution >= 0.6 is 0 Å². The van der Waals surface area contributed by atoms with Crippen molar-refractivity contribution in [3.63, 3.8) is 0 Å². The average Bonchev–Trinajstić information content (AvgIpc) is 3.74. The van der Waals surface area contributed by atoms with Gasteiger partial charge in [0.1, 0.15) is 9.79 Å². The van der Waals surface area contributed by atoms with Crippen LogP contribution in [-0.2, 0) is 28.8 Å². The Morgan fingerprint density at radius 2 is 0.865 bits per heavy atom. The first-order chi connectivity index (χ1) is 25.0. The van der Waals surface area contributed by atoms with E-state index >= 15 is 0 Å². The minimum atomic E-state index is -4.12. The van der Waals surface area contributed by atoms with Crippen LogP contribution in [0.15, 0.2) is 104 Å². The Hall–Kier alpha value is -6.14. The zero-order valence-electron chi connectivity index (χ0n) is 26.4. The fourth-order valence-corrected chi connectivity index (χ4v) is 9.45. The summed E-state index contributed by atoms with van der Waals surface area (Å²) in [5.74, 6) is 6.87. The van der Waals surface area contributed by atoms with Crippen LogP contribution in [0.3, 0.4) is 0 Å². The summed E-state index contributed by atoms with van der Waals surface area (Å²) < 4.78 is 61.5. The summed E-state index contributed by atoms with van der Waals surface area (Å²) in [6.07, 6.45) is 0. The highest BCUT2D eigenvalue weighted by atomic mass is 32.2. The predicted molar refractivity (Wildman–Crippen MR) is 187 cm³/mol. The van der Waals surface area contributed by atoms with E-state index in [1.807, 2.05) is 36.4 Å². The van der Waals surface area contributed by atoms with Gasteiger partial charge < -0.3 is 0 Å². The Kier molecular flexibility index (Phi) is 5.34. The fourth-order valence-electron chi connectivity index (χ4n) is 8.19. The van der Waals surface area contributed by atoms with Crippen LogP contribution in [0.5, 0.6) is 0 Å². The third-order valence-corrected chi connectivity index (χ3v) is 12.7. The van der Waals surface area contributed by atoms with Gasteiger partial charge in [0.05, 0.1) is 21.5 Å². The van der Waals surface area contributed by atoms with Crippen LogP contribution in [-0.4, -0.2) is 26.8 Å². The van der Waals surface area contributed by atoms with Crippen LogP contribution < -0.4 is 32.0 Å². The summed E-state index contributed by atoms with van der Waals surface area (Å²) in [6.45, 7) is 0. The molecule has 14 nitrogen and oxygen atoms in total. The van der Waals surface area contributed by atoms with Crippen molar-refractivity contribution >= 4 is 107 Å². The molecule has 0 spiro atoms. The van der Waals surface area contributed by atoms with Gasteiger partial charge in [0.2, 0.25) is 11.0 Å². The molecule has 0 aromatic heterocycles. The maximum Gasteiger partial charge on any atom is 0.347 e. The maximum absolute atomic E-state index is 14.3. The normalized spacial score (nSPS) is 13.4. The summed E-state index contributed by atoms with van der Waals surface area (Å²) >= 11 is 0. The highest BCUT2D eigenvalue weighted by Crippen LogP contribution is 2.45. The Morgan fingerprint density at radius 1 is 0.462 bits per heavy atom. The van der Waals surface area contributed by atoms with E-state index in [1.165, 1.54) is 45.5 Å². The summed E-state index contributed by atoms with van der Waals surface area (Å²) in [7, 11) is -8.22. The molecule has 7 aromatic carbocycles. The molecule has 0 bridgehead atoms. The number of rotatable bonds is 4. The van der Waals surface area contributed by atoms with E-state index < -0.39 is 20.2 Å². The lowest BCUT2D eigenvalue weighted by Gasteiger charge is -2.17. The third kappa shape index (κ3) is 3.40. The number of nitrogens with zero attached hydrogens (tertiary/aromatic N) is 4. The van der Waals surface area contributed by atoms with Gasteiger partial charge in [0.15, 0.2) is 11.0 Å². The third-order valence-electron chi connectivity index (χ3n) is 10.4. The van der Waals surface area contributed by atoms with Crippen LogP contribution in [0, 0.1) is 0 Å². The van der Waals surface area contributed by atoms with Gasteiger partial charge in [-0.15, -0.1) is 9.13 Å². The zero-order valence-corrected chi connectivity index (χ0v) is 28.0. The molecular weight excluding hydrogens is 709 g/mol. The van der Waals surface area contributed by atoms with E-state index in [2.05, 4.69) is 20.4 Å². The first-order valence-electron chi connectivity index (χ1n) is 15.7. The SMILES string of the molecule is [NH3+]OS(=O)(=O)c1ccc2c(c1)nc1c3ccc4c5ccc6c7nc8ccc(S(=O)(=O)O[NH3+])cc8[n+]-7c(=O)c7ccc(c8ccc(c(=O)[n+]2-1)c3c48)c5c67. The summed E-state index contributed by atoms with van der Waals surface area (Å²) in [5, 5.41) is 9.02. The van der Waals surface area contributed by atoms with Crippen LogP contribution in [0.25, 0.3) is 98.3 Å². The molecule has 250 valence electrons. The van der Waals surface area contributed by atoms with E-state index in [0.717, 1.165) is 43.1 Å². The number of aromatic nitrogens is 4. The van der Waals surface area contributed by atoms with Gasteiger partial charge in [-0.2, -0.15) is 28.6 Å². The van der Waals surface area contributed by atoms with Gasteiger partial charge in [-0.3, -0.25) is 0 Å². The molecule has 0 aliphatic carbocycles. The zero-order chi connectivity index (χ0) is 35.6. The number of hydrogen-bond acceptors (Lipinski definition) is 10. The lowest BCUT2D eigenvalue weighted by molar-refractivity contribution is -0.635. The molecular formula is C36H20N6O8S2+4. The second-order valence-electron chi connectivity index (χ2n) is 12.7. The molecule has 7 aromatic rings. The number of benzene rings is 7. The van der Waals surface area contributed by atoms with Crippen LogP contribution in [0.1, 0.15) is 0 Å². The van der Waals surface area contributed by atoms with Gasteiger partial charge in [0.25, 0.3) is 0 Å². The molecule has 0 saturated carbocycles. The fraction of sp³-hybridized carbons (Fsp3) is 0. The summed E-state index contributed by atoms with van der Waals surface area (Å²) in [6, 6.07) is 23.7. The Morgan fingerprint density at radius 3 is 1.38 bits per heavy atom. The van der Waals surface area contributed by atoms with Gasteiger partial charge in [-0.25, -0.2) is 9.59 Å². The summed E-state index contributed by atoms with van der Waals surface area (Å²) in [5.41, 5.74) is 0.889. The van der Waals surface area contributed by atoms with Gasteiger partial charge >= 0.3 is 43.0 Å². The lowest BCUT2D eigenvalue weighted by atomic mass is 9.86. The topological polar surface area (TPSA) is 210 Å². The molecule has 0 amide bonds. The Bertz CT molecular complexity index is 3650. The minimum absolute atomic E-state index is 0.125. The first-order valence-corrected chi connectivity index (χ1v) is 18.6. The second-order valence-corrected chi connectivity index (χ2v) is 16.0. The molecule has 0 unspecified atom stereocenters. The molecule has 52 heavy (non-hydrogen) atoms. The van der Waals surface area contributed by atoms with Crippen molar-refractivity contribution in [3.05, 3.63) is 106 Å². The van der Waals surface area contributed by atoms with Crippen molar-refractivity contribution in [2.45, 2.75) is 9.79 Å². The number of hydrogen-bond donors (Lipinski definition) is 2. The van der Waals surface area contributed by atoms with E-state index in [9.17, 15) is 26.4 Å². The van der Waals surface area contributed by atoms with E-state index in [1.54, 1.807) is 12.1 Å². The molecule has 0 saturated heterocycles. The van der Waals surface area contributed by atoms with E-state index in [0.29, 0.717) is 55.2 Å². The minimum Gasteiger partial charge on any atom is -0.240 e. The van der Waals surface area contributed by atoms with Crippen LogP contribution in [0.2, 0.25) is 0 Å². The average molecular weight is 729 g/mol. The smallest absolute Gasteiger partial charge is 0.240 e. The molecule has 4 aliphatic heterocycles. The molecule has 0 radical (unpaired) electrons. The second kappa shape index (κ2) is 9.39. The predicted octanol–water partition coefficient (Wildman–Crippen LogP) is 1.33. The van der Waals surface area contributed by atoms with Gasteiger partial charge in [-0.1, -0.05) is 32.8 Å².